The molecule has 1 N–H and O–H groups in total. The Morgan fingerprint density at radius 2 is 1.92 bits per heavy atom. The summed E-state index contributed by atoms with van der Waals surface area (Å²) < 4.78 is 50.0. The number of fused-ring (bicyclic) bond motifs is 1. The van der Waals surface area contributed by atoms with Crippen LogP contribution in [0.25, 0.3) is 0 Å². The Kier molecular flexibility index (Phi) is 6.10. The van der Waals surface area contributed by atoms with Crippen LogP contribution >= 0.6 is 11.6 Å². The van der Waals surface area contributed by atoms with E-state index in [9.17, 15) is 18.0 Å². The van der Waals surface area contributed by atoms with Crippen molar-refractivity contribution in [2.75, 3.05) is 13.2 Å². The molecule has 26 heavy (non-hydrogen) atoms. The first kappa shape index (κ1) is 19.5. The Morgan fingerprint density at radius 1 is 1.19 bits per heavy atom. The molecule has 0 aromatic heterocycles. The lowest BCUT2D eigenvalue weighted by atomic mass is 9.89. The Bertz CT molecular complexity index is 653. The first-order valence-corrected chi connectivity index (χ1v) is 9.09. The molecule has 1 saturated heterocycles. The summed E-state index contributed by atoms with van der Waals surface area (Å²) in [5, 5.41) is 2.62. The number of halogens is 4. The monoisotopic (exact) mass is 391 g/mol. The summed E-state index contributed by atoms with van der Waals surface area (Å²) >= 11 is 5.61. The number of aryl methyl sites for hydroxylation is 1. The van der Waals surface area contributed by atoms with Crippen molar-refractivity contribution in [1.82, 2.24) is 5.32 Å². The van der Waals surface area contributed by atoms with Gasteiger partial charge in [0.15, 0.2) is 0 Å². The summed E-state index contributed by atoms with van der Waals surface area (Å²) in [7, 11) is 0. The lowest BCUT2D eigenvalue weighted by Gasteiger charge is -2.39. The maximum absolute atomic E-state index is 12.9. The van der Waals surface area contributed by atoms with Gasteiger partial charge in [-0.15, -0.1) is 0 Å². The van der Waals surface area contributed by atoms with Crippen molar-refractivity contribution in [3.63, 3.8) is 0 Å². The number of alkyl halides is 3. The molecule has 144 valence electrons. The lowest BCUT2D eigenvalue weighted by Crippen LogP contribution is -2.49. The summed E-state index contributed by atoms with van der Waals surface area (Å²) in [6.07, 6.45) is -1.69. The van der Waals surface area contributed by atoms with Crippen molar-refractivity contribution in [2.24, 2.45) is 0 Å². The first-order valence-electron chi connectivity index (χ1n) is 8.71. The third-order valence-corrected chi connectivity index (χ3v) is 5.15. The number of benzene rings is 1. The molecule has 0 bridgehead atoms. The second-order valence-electron chi connectivity index (χ2n) is 6.71. The predicted molar refractivity (Wildman–Crippen MR) is 90.0 cm³/mol. The Morgan fingerprint density at radius 3 is 2.65 bits per heavy atom. The fourth-order valence-electron chi connectivity index (χ4n) is 3.50. The highest BCUT2D eigenvalue weighted by molar-refractivity contribution is 6.31. The first-order chi connectivity index (χ1) is 12.3. The molecule has 3 atom stereocenters. The van der Waals surface area contributed by atoms with E-state index < -0.39 is 11.7 Å². The Balaban J connectivity index is 1.50. The fraction of sp³-hybridized carbons (Fsp3) is 0.611. The molecule has 2 aliphatic rings. The van der Waals surface area contributed by atoms with E-state index in [2.05, 4.69) is 5.32 Å². The number of nitrogens with one attached hydrogen (secondary N) is 1. The van der Waals surface area contributed by atoms with E-state index in [0.717, 1.165) is 18.9 Å². The number of ether oxygens (including phenoxy) is 2. The molecule has 0 spiro atoms. The zero-order valence-corrected chi connectivity index (χ0v) is 14.9. The fourth-order valence-corrected chi connectivity index (χ4v) is 3.73. The van der Waals surface area contributed by atoms with Crippen molar-refractivity contribution >= 4 is 17.5 Å². The van der Waals surface area contributed by atoms with Crippen LogP contribution < -0.4 is 5.32 Å². The van der Waals surface area contributed by atoms with Gasteiger partial charge in [-0.05, 0) is 43.4 Å². The van der Waals surface area contributed by atoms with E-state index in [1.54, 1.807) is 0 Å². The Labute approximate surface area is 155 Å². The van der Waals surface area contributed by atoms with Gasteiger partial charge >= 0.3 is 6.18 Å². The van der Waals surface area contributed by atoms with Gasteiger partial charge in [0.1, 0.15) is 0 Å². The average molecular weight is 392 g/mol. The number of hydrogen-bond acceptors (Lipinski definition) is 3. The normalized spacial score (nSPS) is 26.2. The van der Waals surface area contributed by atoms with Crippen LogP contribution in [0, 0.1) is 0 Å². The molecule has 3 rings (SSSR count). The standard InChI is InChI=1S/C18H21ClF3NO3/c19-14-4-1-11(9-13(14)18(20,21)22)2-6-17(24)23-12-3-5-15-16(10-12)26-8-7-25-15/h1,4,9,12,15-16H,2-3,5-8,10H2,(H,23,24)/t12-,15+,16-/m1/s1. The van der Waals surface area contributed by atoms with Crippen molar-refractivity contribution in [2.45, 2.75) is 56.5 Å². The van der Waals surface area contributed by atoms with E-state index in [0.29, 0.717) is 25.2 Å². The molecule has 8 heteroatoms. The van der Waals surface area contributed by atoms with Crippen molar-refractivity contribution in [3.05, 3.63) is 34.3 Å². The minimum atomic E-state index is -4.50. The molecule has 0 radical (unpaired) electrons. The molecule has 1 aliphatic heterocycles. The molecule has 1 aromatic rings. The summed E-state index contributed by atoms with van der Waals surface area (Å²) in [5.74, 6) is -0.173. The lowest BCUT2D eigenvalue weighted by molar-refractivity contribution is -0.158. The van der Waals surface area contributed by atoms with Crippen molar-refractivity contribution < 1.29 is 27.4 Å². The van der Waals surface area contributed by atoms with Crippen LogP contribution in [-0.2, 0) is 26.9 Å². The van der Waals surface area contributed by atoms with Crippen LogP contribution in [0.1, 0.15) is 36.8 Å². The largest absolute Gasteiger partial charge is 0.417 e. The van der Waals surface area contributed by atoms with E-state index >= 15 is 0 Å². The van der Waals surface area contributed by atoms with Gasteiger partial charge in [0.05, 0.1) is 36.0 Å². The summed E-state index contributed by atoms with van der Waals surface area (Å²) in [6, 6.07) is 3.76. The molecule has 4 nitrogen and oxygen atoms in total. The highest BCUT2D eigenvalue weighted by atomic mass is 35.5. The highest BCUT2D eigenvalue weighted by Crippen LogP contribution is 2.35. The number of hydrogen-bond donors (Lipinski definition) is 1. The van der Waals surface area contributed by atoms with Gasteiger partial charge in [-0.1, -0.05) is 17.7 Å². The van der Waals surface area contributed by atoms with Gasteiger partial charge in [-0.3, -0.25) is 4.79 Å². The smallest absolute Gasteiger partial charge is 0.373 e. The van der Waals surface area contributed by atoms with Gasteiger partial charge in [0.2, 0.25) is 5.91 Å². The van der Waals surface area contributed by atoms with Crippen molar-refractivity contribution in [3.8, 4) is 0 Å². The third kappa shape index (κ3) is 4.90. The maximum atomic E-state index is 12.9. The van der Waals surface area contributed by atoms with Gasteiger partial charge in [-0.2, -0.15) is 13.2 Å². The van der Waals surface area contributed by atoms with Gasteiger partial charge < -0.3 is 14.8 Å². The molecule has 2 fully saturated rings. The second-order valence-corrected chi connectivity index (χ2v) is 7.12. The number of rotatable bonds is 4. The zero-order valence-electron chi connectivity index (χ0n) is 14.2. The van der Waals surface area contributed by atoms with E-state index in [1.807, 2.05) is 0 Å². The van der Waals surface area contributed by atoms with Crippen LogP contribution in [0.4, 0.5) is 13.2 Å². The molecular formula is C18H21ClF3NO3. The van der Waals surface area contributed by atoms with Crippen LogP contribution in [-0.4, -0.2) is 37.4 Å². The minimum Gasteiger partial charge on any atom is -0.373 e. The van der Waals surface area contributed by atoms with Crippen LogP contribution in [0.2, 0.25) is 5.02 Å². The molecule has 0 unspecified atom stereocenters. The Hall–Kier alpha value is -1.31. The van der Waals surface area contributed by atoms with Crippen LogP contribution in [0.5, 0.6) is 0 Å². The van der Waals surface area contributed by atoms with E-state index in [4.69, 9.17) is 21.1 Å². The number of amides is 1. The molecule has 1 amide bonds. The molecule has 1 heterocycles. The van der Waals surface area contributed by atoms with Gasteiger partial charge in [0, 0.05) is 12.5 Å². The molecule has 1 saturated carbocycles. The zero-order chi connectivity index (χ0) is 18.7. The third-order valence-electron chi connectivity index (χ3n) is 4.82. The molecular weight excluding hydrogens is 371 g/mol. The predicted octanol–water partition coefficient (Wildman–Crippen LogP) is 3.74. The van der Waals surface area contributed by atoms with Crippen LogP contribution in [0.3, 0.4) is 0 Å². The summed E-state index contributed by atoms with van der Waals surface area (Å²) in [5.41, 5.74) is -0.436. The van der Waals surface area contributed by atoms with Crippen LogP contribution in [0.15, 0.2) is 18.2 Å². The second kappa shape index (κ2) is 8.15. The molecule has 1 aliphatic carbocycles. The quantitative estimate of drug-likeness (QED) is 0.850. The topological polar surface area (TPSA) is 47.6 Å². The summed E-state index contributed by atoms with van der Waals surface area (Å²) in [6.45, 7) is 1.18. The molecule has 1 aromatic carbocycles. The number of carbonyl (C=O) groups excluding carboxylic acids is 1. The minimum absolute atomic E-state index is 0.00779. The summed E-state index contributed by atoms with van der Waals surface area (Å²) in [4.78, 5) is 12.2. The van der Waals surface area contributed by atoms with Crippen molar-refractivity contribution in [1.29, 1.82) is 0 Å². The number of carbonyl (C=O) groups is 1. The highest BCUT2D eigenvalue weighted by Gasteiger charge is 2.35. The SMILES string of the molecule is O=C(CCc1ccc(Cl)c(C(F)(F)F)c1)N[C@@H]1CC[C@@H]2OCCO[C@@H]2C1. The average Bonchev–Trinajstić information content (AvgIpc) is 2.60. The van der Waals surface area contributed by atoms with Gasteiger partial charge in [-0.25, -0.2) is 0 Å². The maximum Gasteiger partial charge on any atom is 0.417 e. The van der Waals surface area contributed by atoms with Gasteiger partial charge in [0.25, 0.3) is 0 Å². The van der Waals surface area contributed by atoms with E-state index in [-0.39, 0.29) is 42.0 Å². The van der Waals surface area contributed by atoms with E-state index in [1.165, 1.54) is 12.1 Å².